The van der Waals surface area contributed by atoms with Crippen molar-refractivity contribution in [3.05, 3.63) is 71.3 Å². The predicted octanol–water partition coefficient (Wildman–Crippen LogP) is 4.14. The third-order valence-electron chi connectivity index (χ3n) is 4.03. The molecule has 0 N–H and O–H groups in total. The summed E-state index contributed by atoms with van der Waals surface area (Å²) in [5.74, 6) is 0.663. The van der Waals surface area contributed by atoms with Crippen LogP contribution in [0.3, 0.4) is 0 Å². The van der Waals surface area contributed by atoms with E-state index in [1.807, 2.05) is 30.3 Å². The number of Topliss-reactive ketones (excluding diaryl/α,β-unsaturated/α-hetero) is 1. The molecule has 2 unspecified atom stereocenters. The number of fused-ring (bicyclic) bond motifs is 1. The van der Waals surface area contributed by atoms with Gasteiger partial charge in [0.1, 0.15) is 0 Å². The third kappa shape index (κ3) is 1.90. The van der Waals surface area contributed by atoms with Crippen molar-refractivity contribution in [1.82, 2.24) is 0 Å². The van der Waals surface area contributed by atoms with Gasteiger partial charge in [0, 0.05) is 5.92 Å². The molecule has 2 aromatic carbocycles. The highest BCUT2D eigenvalue weighted by molar-refractivity contribution is 5.99. The second-order valence-electron chi connectivity index (χ2n) is 5.60. The molecule has 3 rings (SSSR count). The summed E-state index contributed by atoms with van der Waals surface area (Å²) >= 11 is 0. The van der Waals surface area contributed by atoms with Gasteiger partial charge in [0.2, 0.25) is 0 Å². The van der Waals surface area contributed by atoms with Gasteiger partial charge in [0.25, 0.3) is 0 Å². The number of hydrogen-bond donors (Lipinski definition) is 0. The van der Waals surface area contributed by atoms with Crippen molar-refractivity contribution < 1.29 is 4.79 Å². The summed E-state index contributed by atoms with van der Waals surface area (Å²) in [4.78, 5) is 12.8. The van der Waals surface area contributed by atoms with Crippen molar-refractivity contribution >= 4 is 5.78 Å². The van der Waals surface area contributed by atoms with E-state index in [-0.39, 0.29) is 11.8 Å². The van der Waals surface area contributed by atoms with E-state index in [4.69, 9.17) is 0 Å². The zero-order chi connectivity index (χ0) is 13.4. The van der Waals surface area contributed by atoms with Crippen LogP contribution in [0.2, 0.25) is 0 Å². The third-order valence-corrected chi connectivity index (χ3v) is 4.03. The van der Waals surface area contributed by atoms with Crippen molar-refractivity contribution in [2.75, 3.05) is 0 Å². The molecule has 0 radical (unpaired) electrons. The number of ketones is 1. The van der Waals surface area contributed by atoms with Crippen LogP contribution in [-0.4, -0.2) is 5.78 Å². The number of hydrogen-bond acceptors (Lipinski definition) is 1. The van der Waals surface area contributed by atoms with Gasteiger partial charge in [0.15, 0.2) is 5.78 Å². The Morgan fingerprint density at radius 2 is 1.42 bits per heavy atom. The normalized spacial score (nSPS) is 21.7. The van der Waals surface area contributed by atoms with Gasteiger partial charge >= 0.3 is 0 Å². The molecule has 0 heterocycles. The minimum absolute atomic E-state index is 0.0430. The topological polar surface area (TPSA) is 17.1 Å². The van der Waals surface area contributed by atoms with Gasteiger partial charge in [-0.1, -0.05) is 68.4 Å². The van der Waals surface area contributed by atoms with E-state index >= 15 is 0 Å². The van der Waals surface area contributed by atoms with Crippen molar-refractivity contribution in [3.63, 3.8) is 0 Å². The SMILES string of the molecule is CC(C)C1C(=O)C(c2ccccc2)c2ccccc21. The first-order valence-corrected chi connectivity index (χ1v) is 6.87. The summed E-state index contributed by atoms with van der Waals surface area (Å²) in [5, 5.41) is 0. The Bertz CT molecular complexity index is 598. The lowest BCUT2D eigenvalue weighted by Crippen LogP contribution is -2.16. The molecule has 0 fully saturated rings. The maximum atomic E-state index is 12.8. The molecule has 1 aliphatic carbocycles. The molecular formula is C18H18O. The molecule has 1 nitrogen and oxygen atoms in total. The molecule has 0 bridgehead atoms. The van der Waals surface area contributed by atoms with Crippen molar-refractivity contribution in [3.8, 4) is 0 Å². The highest BCUT2D eigenvalue weighted by atomic mass is 16.1. The molecule has 19 heavy (non-hydrogen) atoms. The van der Waals surface area contributed by atoms with Gasteiger partial charge in [-0.05, 0) is 22.6 Å². The number of rotatable bonds is 2. The maximum Gasteiger partial charge on any atom is 0.152 e. The molecule has 0 amide bonds. The fourth-order valence-corrected chi connectivity index (χ4v) is 3.22. The summed E-state index contributed by atoms with van der Waals surface area (Å²) in [6.07, 6.45) is 0. The average Bonchev–Trinajstić information content (AvgIpc) is 2.71. The Balaban J connectivity index is 2.15. The first-order valence-electron chi connectivity index (χ1n) is 6.87. The molecule has 2 aromatic rings. The maximum absolute atomic E-state index is 12.8. The summed E-state index contributed by atoms with van der Waals surface area (Å²) < 4.78 is 0. The quantitative estimate of drug-likeness (QED) is 0.783. The van der Waals surface area contributed by atoms with Crippen molar-refractivity contribution in [2.45, 2.75) is 25.7 Å². The van der Waals surface area contributed by atoms with E-state index in [2.05, 4.69) is 38.1 Å². The van der Waals surface area contributed by atoms with Crippen LogP contribution in [0, 0.1) is 5.92 Å². The predicted molar refractivity (Wildman–Crippen MR) is 77.3 cm³/mol. The van der Waals surface area contributed by atoms with Crippen LogP contribution >= 0.6 is 0 Å². The molecule has 0 aliphatic heterocycles. The smallest absolute Gasteiger partial charge is 0.152 e. The number of carbonyl (C=O) groups excluding carboxylic acids is 1. The van der Waals surface area contributed by atoms with Crippen LogP contribution in [0.1, 0.15) is 42.4 Å². The van der Waals surface area contributed by atoms with Gasteiger partial charge in [-0.2, -0.15) is 0 Å². The van der Waals surface area contributed by atoms with Crippen molar-refractivity contribution in [1.29, 1.82) is 0 Å². The summed E-state index contributed by atoms with van der Waals surface area (Å²) in [5.41, 5.74) is 3.52. The second kappa shape index (κ2) is 4.65. The first kappa shape index (κ1) is 12.2. The fourth-order valence-electron chi connectivity index (χ4n) is 3.22. The van der Waals surface area contributed by atoms with Crippen molar-refractivity contribution in [2.24, 2.45) is 5.92 Å². The van der Waals surface area contributed by atoms with Gasteiger partial charge in [0.05, 0.1) is 5.92 Å². The lowest BCUT2D eigenvalue weighted by atomic mass is 9.87. The molecule has 2 atom stereocenters. The van der Waals surface area contributed by atoms with E-state index in [1.165, 1.54) is 11.1 Å². The van der Waals surface area contributed by atoms with Crippen LogP contribution in [0.4, 0.5) is 0 Å². The van der Waals surface area contributed by atoms with Crippen LogP contribution in [0.5, 0.6) is 0 Å². The van der Waals surface area contributed by atoms with E-state index in [9.17, 15) is 4.79 Å². The summed E-state index contributed by atoms with van der Waals surface area (Å²) in [7, 11) is 0. The molecular weight excluding hydrogens is 232 g/mol. The van der Waals surface area contributed by atoms with E-state index < -0.39 is 0 Å². The highest BCUT2D eigenvalue weighted by Crippen LogP contribution is 2.45. The Morgan fingerprint density at radius 1 is 0.842 bits per heavy atom. The monoisotopic (exact) mass is 250 g/mol. The zero-order valence-corrected chi connectivity index (χ0v) is 11.3. The Kier molecular flexibility index (Phi) is 2.98. The lowest BCUT2D eigenvalue weighted by molar-refractivity contribution is -0.121. The minimum atomic E-state index is -0.0789. The molecule has 0 aromatic heterocycles. The van der Waals surface area contributed by atoms with Crippen LogP contribution in [-0.2, 0) is 4.79 Å². The Hall–Kier alpha value is -1.89. The molecule has 0 spiro atoms. The van der Waals surface area contributed by atoms with E-state index in [0.29, 0.717) is 11.7 Å². The largest absolute Gasteiger partial charge is 0.298 e. The lowest BCUT2D eigenvalue weighted by Gasteiger charge is -2.15. The molecule has 1 aliphatic rings. The fraction of sp³-hybridized carbons (Fsp3) is 0.278. The van der Waals surface area contributed by atoms with Gasteiger partial charge < -0.3 is 0 Å². The van der Waals surface area contributed by atoms with Crippen LogP contribution in [0.15, 0.2) is 54.6 Å². The number of benzene rings is 2. The molecule has 96 valence electrons. The van der Waals surface area contributed by atoms with Crippen LogP contribution < -0.4 is 0 Å². The standard InChI is InChI=1S/C18H18O/c1-12(2)16-14-10-6-7-11-15(14)17(18(16)19)13-8-4-3-5-9-13/h3-12,16-17H,1-2H3. The van der Waals surface area contributed by atoms with E-state index in [0.717, 1.165) is 5.56 Å². The molecule has 0 saturated carbocycles. The molecule has 0 saturated heterocycles. The van der Waals surface area contributed by atoms with Gasteiger partial charge in [-0.3, -0.25) is 4.79 Å². The summed E-state index contributed by atoms with van der Waals surface area (Å²) in [6, 6.07) is 18.4. The Labute approximate surface area is 114 Å². The van der Waals surface area contributed by atoms with Gasteiger partial charge in [-0.15, -0.1) is 0 Å². The highest BCUT2D eigenvalue weighted by Gasteiger charge is 2.40. The summed E-state index contributed by atoms with van der Waals surface area (Å²) in [6.45, 7) is 4.26. The van der Waals surface area contributed by atoms with E-state index in [1.54, 1.807) is 0 Å². The minimum Gasteiger partial charge on any atom is -0.298 e. The molecule has 1 heteroatoms. The Morgan fingerprint density at radius 3 is 2.05 bits per heavy atom. The van der Waals surface area contributed by atoms with Gasteiger partial charge in [-0.25, -0.2) is 0 Å². The zero-order valence-electron chi connectivity index (χ0n) is 11.3. The number of carbonyl (C=O) groups is 1. The first-order chi connectivity index (χ1) is 9.20. The van der Waals surface area contributed by atoms with Crippen LogP contribution in [0.25, 0.3) is 0 Å². The second-order valence-corrected chi connectivity index (χ2v) is 5.60. The average molecular weight is 250 g/mol.